The molecule has 5 heteroatoms. The highest BCUT2D eigenvalue weighted by atomic mass is 16.6. The summed E-state index contributed by atoms with van der Waals surface area (Å²) in [6.45, 7) is 11.1. The minimum Gasteiger partial charge on any atom is -0.444 e. The monoisotopic (exact) mass is 341 g/mol. The topological polar surface area (TPSA) is 56.6 Å². The molecule has 0 aliphatic carbocycles. The van der Waals surface area contributed by atoms with Gasteiger partial charge in [-0.15, -0.1) is 0 Å². The van der Waals surface area contributed by atoms with Crippen molar-refractivity contribution >= 4 is 6.09 Å². The van der Waals surface area contributed by atoms with Crippen molar-refractivity contribution in [3.05, 3.63) is 35.9 Å². The van der Waals surface area contributed by atoms with Crippen molar-refractivity contribution in [3.63, 3.8) is 0 Å². The van der Waals surface area contributed by atoms with Gasteiger partial charge in [-0.2, -0.15) is 5.26 Å². The molecule has 5 nitrogen and oxygen atoms in total. The average molecular weight is 341 g/mol. The van der Waals surface area contributed by atoms with Crippen LogP contribution in [0.15, 0.2) is 30.3 Å². The highest BCUT2D eigenvalue weighted by molar-refractivity contribution is 5.69. The zero-order valence-electron chi connectivity index (χ0n) is 15.7. The van der Waals surface area contributed by atoms with E-state index >= 15 is 0 Å². The van der Waals surface area contributed by atoms with Crippen molar-refractivity contribution in [2.75, 3.05) is 13.1 Å². The summed E-state index contributed by atoms with van der Waals surface area (Å²) < 4.78 is 5.51. The summed E-state index contributed by atoms with van der Waals surface area (Å²) in [6.07, 6.45) is -0.281. The highest BCUT2D eigenvalue weighted by Gasteiger charge is 2.59. The first kappa shape index (κ1) is 17.8. The molecule has 3 saturated heterocycles. The van der Waals surface area contributed by atoms with Crippen LogP contribution in [0.1, 0.15) is 40.2 Å². The minimum absolute atomic E-state index is 0.0262. The fraction of sp³-hybridized carbons (Fsp3) is 0.600. The number of fused-ring (bicyclic) bond motifs is 2. The quantitative estimate of drug-likeness (QED) is 0.827. The molecule has 0 spiro atoms. The lowest BCUT2D eigenvalue weighted by atomic mass is 9.71. The number of rotatable bonds is 2. The van der Waals surface area contributed by atoms with Crippen LogP contribution in [-0.4, -0.2) is 46.7 Å². The molecule has 0 saturated carbocycles. The lowest BCUT2D eigenvalue weighted by Gasteiger charge is -2.64. The lowest BCUT2D eigenvalue weighted by molar-refractivity contribution is -0.154. The second kappa shape index (κ2) is 6.03. The summed E-state index contributed by atoms with van der Waals surface area (Å²) in [6, 6.07) is 12.9. The van der Waals surface area contributed by atoms with E-state index in [0.29, 0.717) is 13.1 Å². The SMILES string of the molecule is CC(C)(C)OC(=O)N1CC2C(C#N)C(C1)N2C(C)(C)c1ccccc1. The average Bonchev–Trinajstić information content (AvgIpc) is 2.54. The Kier molecular flexibility index (Phi) is 4.28. The molecule has 1 aromatic rings. The predicted octanol–water partition coefficient (Wildman–Crippen LogP) is 3.36. The van der Waals surface area contributed by atoms with E-state index in [1.165, 1.54) is 5.56 Å². The van der Waals surface area contributed by atoms with E-state index in [0.717, 1.165) is 0 Å². The van der Waals surface area contributed by atoms with E-state index in [1.54, 1.807) is 4.90 Å². The fourth-order valence-corrected chi connectivity index (χ4v) is 4.15. The maximum atomic E-state index is 12.4. The second-order valence-electron chi connectivity index (χ2n) is 8.51. The van der Waals surface area contributed by atoms with Crippen LogP contribution < -0.4 is 0 Å². The molecule has 2 atom stereocenters. The van der Waals surface area contributed by atoms with Crippen LogP contribution in [0.2, 0.25) is 0 Å². The van der Waals surface area contributed by atoms with Crippen LogP contribution in [0, 0.1) is 17.2 Å². The van der Waals surface area contributed by atoms with E-state index in [2.05, 4.69) is 36.9 Å². The Balaban J connectivity index is 1.78. The minimum atomic E-state index is -0.504. The number of nitrogens with zero attached hydrogens (tertiary/aromatic N) is 3. The molecule has 3 heterocycles. The molecule has 134 valence electrons. The summed E-state index contributed by atoms with van der Waals surface area (Å²) in [4.78, 5) is 16.6. The standard InChI is InChI=1S/C20H27N3O2/c1-19(2,3)25-18(24)22-12-16-15(11-21)17(13-22)23(16)20(4,5)14-9-7-6-8-10-14/h6-10,15-17H,12-13H2,1-5H3. The van der Waals surface area contributed by atoms with Gasteiger partial charge in [0, 0.05) is 30.7 Å². The van der Waals surface area contributed by atoms with Crippen molar-refractivity contribution in [3.8, 4) is 6.07 Å². The molecular formula is C20H27N3O2. The van der Waals surface area contributed by atoms with E-state index in [4.69, 9.17) is 4.74 Å². The number of hydrogen-bond donors (Lipinski definition) is 0. The maximum Gasteiger partial charge on any atom is 0.410 e. The summed E-state index contributed by atoms with van der Waals surface area (Å²) in [5.41, 5.74) is 0.549. The molecule has 2 bridgehead atoms. The molecule has 3 aliphatic rings. The Morgan fingerprint density at radius 1 is 1.12 bits per heavy atom. The number of piperazine rings is 1. The Morgan fingerprint density at radius 2 is 1.68 bits per heavy atom. The van der Waals surface area contributed by atoms with Gasteiger partial charge in [-0.25, -0.2) is 4.79 Å². The van der Waals surface area contributed by atoms with E-state index in [-0.39, 0.29) is 29.6 Å². The van der Waals surface area contributed by atoms with Crippen LogP contribution in [0.5, 0.6) is 0 Å². The molecule has 4 rings (SSSR count). The number of benzene rings is 1. The van der Waals surface area contributed by atoms with Gasteiger partial charge in [0.25, 0.3) is 0 Å². The first-order valence-electron chi connectivity index (χ1n) is 8.86. The fourth-order valence-electron chi connectivity index (χ4n) is 4.15. The van der Waals surface area contributed by atoms with E-state index in [9.17, 15) is 10.1 Å². The van der Waals surface area contributed by atoms with Gasteiger partial charge in [-0.3, -0.25) is 4.90 Å². The number of ether oxygens (including phenoxy) is 1. The molecular weight excluding hydrogens is 314 g/mol. The molecule has 3 fully saturated rings. The molecule has 0 N–H and O–H groups in total. The van der Waals surface area contributed by atoms with Gasteiger partial charge < -0.3 is 9.64 Å². The van der Waals surface area contributed by atoms with Crippen LogP contribution in [-0.2, 0) is 10.3 Å². The second-order valence-corrected chi connectivity index (χ2v) is 8.51. The number of piperidine rings is 1. The third kappa shape index (κ3) is 3.11. The van der Waals surface area contributed by atoms with Gasteiger partial charge in [0.15, 0.2) is 0 Å². The van der Waals surface area contributed by atoms with Crippen molar-refractivity contribution < 1.29 is 9.53 Å². The number of carbonyl (C=O) groups is 1. The van der Waals surface area contributed by atoms with Crippen molar-refractivity contribution in [1.29, 1.82) is 5.26 Å². The van der Waals surface area contributed by atoms with Crippen molar-refractivity contribution in [1.82, 2.24) is 9.80 Å². The van der Waals surface area contributed by atoms with Gasteiger partial charge in [0.1, 0.15) is 5.60 Å². The summed E-state index contributed by atoms with van der Waals surface area (Å²) in [5.74, 6) is -0.0262. The highest BCUT2D eigenvalue weighted by Crippen LogP contribution is 2.46. The Labute approximate surface area is 150 Å². The maximum absolute atomic E-state index is 12.4. The molecule has 1 aromatic carbocycles. The van der Waals surface area contributed by atoms with Crippen molar-refractivity contribution in [2.45, 2.75) is 57.8 Å². The number of hydrogen-bond acceptors (Lipinski definition) is 4. The molecule has 2 unspecified atom stereocenters. The van der Waals surface area contributed by atoms with Gasteiger partial charge in [-0.05, 0) is 40.2 Å². The van der Waals surface area contributed by atoms with Gasteiger partial charge in [0.2, 0.25) is 0 Å². The predicted molar refractivity (Wildman–Crippen MR) is 95.8 cm³/mol. The summed E-state index contributed by atoms with van der Waals surface area (Å²) >= 11 is 0. The molecule has 3 aliphatic heterocycles. The largest absolute Gasteiger partial charge is 0.444 e. The zero-order valence-corrected chi connectivity index (χ0v) is 15.7. The Hall–Kier alpha value is -2.06. The summed E-state index contributed by atoms with van der Waals surface area (Å²) in [5, 5.41) is 9.55. The van der Waals surface area contributed by atoms with E-state index < -0.39 is 5.60 Å². The number of carbonyl (C=O) groups excluding carboxylic acids is 1. The normalized spacial score (nSPS) is 26.6. The van der Waals surface area contributed by atoms with Gasteiger partial charge in [-0.1, -0.05) is 30.3 Å². The first-order chi connectivity index (χ1) is 11.6. The molecule has 0 radical (unpaired) electrons. The van der Waals surface area contributed by atoms with Crippen LogP contribution in [0.4, 0.5) is 4.79 Å². The summed E-state index contributed by atoms with van der Waals surface area (Å²) in [7, 11) is 0. The lowest BCUT2D eigenvalue weighted by Crippen LogP contribution is -2.78. The number of nitriles is 1. The van der Waals surface area contributed by atoms with Crippen molar-refractivity contribution in [2.24, 2.45) is 5.92 Å². The number of amides is 1. The first-order valence-corrected chi connectivity index (χ1v) is 8.86. The Bertz CT molecular complexity index is 673. The molecule has 25 heavy (non-hydrogen) atoms. The van der Waals surface area contributed by atoms with E-state index in [1.807, 2.05) is 39.0 Å². The molecule has 0 aromatic heterocycles. The van der Waals surface area contributed by atoms with Gasteiger partial charge in [0.05, 0.1) is 12.0 Å². The smallest absolute Gasteiger partial charge is 0.410 e. The zero-order chi connectivity index (χ0) is 18.4. The third-order valence-electron chi connectivity index (χ3n) is 5.29. The third-order valence-corrected chi connectivity index (χ3v) is 5.29. The van der Waals surface area contributed by atoms with Gasteiger partial charge >= 0.3 is 6.09 Å². The molecule has 1 amide bonds. The Morgan fingerprint density at radius 3 is 2.16 bits per heavy atom. The van der Waals surface area contributed by atoms with Crippen LogP contribution in [0.3, 0.4) is 0 Å². The van der Waals surface area contributed by atoms with Crippen LogP contribution in [0.25, 0.3) is 0 Å². The van der Waals surface area contributed by atoms with Crippen LogP contribution >= 0.6 is 0 Å².